The van der Waals surface area contributed by atoms with Crippen LogP contribution in [0.5, 0.6) is 0 Å². The summed E-state index contributed by atoms with van der Waals surface area (Å²) in [5.74, 6) is 0.485. The van der Waals surface area contributed by atoms with Gasteiger partial charge in [-0.05, 0) is 36.5 Å². The Morgan fingerprint density at radius 2 is 1.81 bits per heavy atom. The zero-order valence-corrected chi connectivity index (χ0v) is 11.7. The van der Waals surface area contributed by atoms with Crippen LogP contribution in [0.15, 0.2) is 24.3 Å². The Morgan fingerprint density at radius 1 is 1.19 bits per heavy atom. The van der Waals surface area contributed by atoms with Gasteiger partial charge in [0.25, 0.3) is 0 Å². The van der Waals surface area contributed by atoms with Gasteiger partial charge >= 0.3 is 6.18 Å². The SMILES string of the molecule is NC(COCC1CCOCC1)c1ccc(C(F)(F)F)cc1. The predicted molar refractivity (Wildman–Crippen MR) is 72.7 cm³/mol. The lowest BCUT2D eigenvalue weighted by molar-refractivity contribution is -0.137. The highest BCUT2D eigenvalue weighted by Gasteiger charge is 2.30. The molecule has 21 heavy (non-hydrogen) atoms. The van der Waals surface area contributed by atoms with Gasteiger partial charge in [-0.1, -0.05) is 12.1 Å². The molecule has 1 saturated heterocycles. The van der Waals surface area contributed by atoms with E-state index in [0.29, 0.717) is 24.7 Å². The van der Waals surface area contributed by atoms with Gasteiger partial charge in [-0.3, -0.25) is 0 Å². The fourth-order valence-corrected chi connectivity index (χ4v) is 2.29. The van der Waals surface area contributed by atoms with Crippen LogP contribution in [0.25, 0.3) is 0 Å². The van der Waals surface area contributed by atoms with Crippen molar-refractivity contribution in [2.75, 3.05) is 26.4 Å². The van der Waals surface area contributed by atoms with Crippen LogP contribution in [0.4, 0.5) is 13.2 Å². The van der Waals surface area contributed by atoms with Gasteiger partial charge in [0.1, 0.15) is 0 Å². The van der Waals surface area contributed by atoms with Crippen LogP contribution in [-0.2, 0) is 15.7 Å². The smallest absolute Gasteiger partial charge is 0.381 e. The van der Waals surface area contributed by atoms with Crippen molar-refractivity contribution >= 4 is 0 Å². The predicted octanol–water partition coefficient (Wildman–Crippen LogP) is 3.15. The fraction of sp³-hybridized carbons (Fsp3) is 0.600. The number of benzene rings is 1. The van der Waals surface area contributed by atoms with E-state index in [1.54, 1.807) is 0 Å². The summed E-state index contributed by atoms with van der Waals surface area (Å²) >= 11 is 0. The molecule has 1 heterocycles. The van der Waals surface area contributed by atoms with Crippen molar-refractivity contribution < 1.29 is 22.6 Å². The van der Waals surface area contributed by atoms with Crippen LogP contribution < -0.4 is 5.73 Å². The molecule has 0 spiro atoms. The number of rotatable bonds is 5. The van der Waals surface area contributed by atoms with Crippen LogP contribution in [0.2, 0.25) is 0 Å². The number of nitrogens with two attached hydrogens (primary N) is 1. The number of alkyl halides is 3. The van der Waals surface area contributed by atoms with Gasteiger partial charge in [0, 0.05) is 19.8 Å². The van der Waals surface area contributed by atoms with Crippen molar-refractivity contribution in [3.05, 3.63) is 35.4 Å². The Morgan fingerprint density at radius 3 is 2.38 bits per heavy atom. The first-order valence-corrected chi connectivity index (χ1v) is 7.05. The van der Waals surface area contributed by atoms with E-state index in [9.17, 15) is 13.2 Å². The van der Waals surface area contributed by atoms with Gasteiger partial charge in [0.05, 0.1) is 18.2 Å². The van der Waals surface area contributed by atoms with Gasteiger partial charge in [-0.2, -0.15) is 13.2 Å². The van der Waals surface area contributed by atoms with Crippen molar-refractivity contribution in [3.63, 3.8) is 0 Å². The number of halogens is 3. The van der Waals surface area contributed by atoms with Gasteiger partial charge in [-0.15, -0.1) is 0 Å². The summed E-state index contributed by atoms with van der Waals surface area (Å²) in [5, 5.41) is 0. The summed E-state index contributed by atoms with van der Waals surface area (Å²) in [5.41, 5.74) is 5.92. The lowest BCUT2D eigenvalue weighted by Crippen LogP contribution is -2.23. The van der Waals surface area contributed by atoms with E-state index < -0.39 is 17.8 Å². The highest BCUT2D eigenvalue weighted by molar-refractivity contribution is 5.26. The molecule has 0 amide bonds. The molecule has 1 unspecified atom stereocenters. The Hall–Kier alpha value is -1.11. The lowest BCUT2D eigenvalue weighted by atomic mass is 10.0. The number of ether oxygens (including phenoxy) is 2. The Kier molecular flexibility index (Phi) is 5.61. The quantitative estimate of drug-likeness (QED) is 0.909. The second kappa shape index (κ2) is 7.24. The molecule has 6 heteroatoms. The zero-order valence-electron chi connectivity index (χ0n) is 11.7. The molecule has 1 atom stereocenters. The standard InChI is InChI=1S/C15H20F3NO2/c16-15(17,18)13-3-1-12(2-4-13)14(19)10-21-9-11-5-7-20-8-6-11/h1-4,11,14H,5-10,19H2. The second-order valence-corrected chi connectivity index (χ2v) is 5.32. The highest BCUT2D eigenvalue weighted by atomic mass is 19.4. The molecule has 1 aromatic rings. The van der Waals surface area contributed by atoms with E-state index in [1.807, 2.05) is 0 Å². The van der Waals surface area contributed by atoms with E-state index in [-0.39, 0.29) is 0 Å². The molecule has 0 bridgehead atoms. The summed E-state index contributed by atoms with van der Waals surface area (Å²) in [4.78, 5) is 0. The third-order valence-electron chi connectivity index (χ3n) is 3.66. The lowest BCUT2D eigenvalue weighted by Gasteiger charge is -2.22. The molecule has 0 saturated carbocycles. The van der Waals surface area contributed by atoms with Crippen LogP contribution in [0.1, 0.15) is 30.0 Å². The van der Waals surface area contributed by atoms with E-state index in [1.165, 1.54) is 12.1 Å². The minimum atomic E-state index is -4.32. The van der Waals surface area contributed by atoms with Gasteiger partial charge in [0.2, 0.25) is 0 Å². The summed E-state index contributed by atoms with van der Waals surface area (Å²) in [7, 11) is 0. The van der Waals surface area contributed by atoms with Crippen LogP contribution in [0, 0.1) is 5.92 Å². The maximum absolute atomic E-state index is 12.5. The zero-order chi connectivity index (χ0) is 15.3. The molecule has 0 aromatic heterocycles. The first-order valence-electron chi connectivity index (χ1n) is 7.05. The van der Waals surface area contributed by atoms with Crippen LogP contribution >= 0.6 is 0 Å². The maximum Gasteiger partial charge on any atom is 0.416 e. The molecule has 1 aliphatic heterocycles. The van der Waals surface area contributed by atoms with Crippen LogP contribution in [-0.4, -0.2) is 26.4 Å². The summed E-state index contributed by atoms with van der Waals surface area (Å²) < 4.78 is 48.2. The normalized spacial score (nSPS) is 18.7. The average molecular weight is 303 g/mol. The second-order valence-electron chi connectivity index (χ2n) is 5.32. The topological polar surface area (TPSA) is 44.5 Å². The van der Waals surface area contributed by atoms with E-state index in [2.05, 4.69) is 0 Å². The molecule has 1 aromatic carbocycles. The molecule has 0 radical (unpaired) electrons. The first kappa shape index (κ1) is 16.3. The highest BCUT2D eigenvalue weighted by Crippen LogP contribution is 2.29. The Labute approximate surface area is 122 Å². The molecule has 3 nitrogen and oxygen atoms in total. The Balaban J connectivity index is 1.78. The van der Waals surface area contributed by atoms with E-state index in [4.69, 9.17) is 15.2 Å². The Bertz CT molecular complexity index is 428. The van der Waals surface area contributed by atoms with Crippen LogP contribution in [0.3, 0.4) is 0 Å². The van der Waals surface area contributed by atoms with E-state index in [0.717, 1.165) is 38.2 Å². The molecule has 118 valence electrons. The fourth-order valence-electron chi connectivity index (χ4n) is 2.29. The maximum atomic E-state index is 12.5. The van der Waals surface area contributed by atoms with Crippen molar-refractivity contribution in [3.8, 4) is 0 Å². The number of hydrogen-bond donors (Lipinski definition) is 1. The molecule has 2 N–H and O–H groups in total. The van der Waals surface area contributed by atoms with E-state index >= 15 is 0 Å². The van der Waals surface area contributed by atoms with Crippen molar-refractivity contribution in [1.29, 1.82) is 0 Å². The molecular formula is C15H20F3NO2. The summed E-state index contributed by atoms with van der Waals surface area (Å²) in [6.45, 7) is 2.46. The van der Waals surface area contributed by atoms with Gasteiger partial charge in [0.15, 0.2) is 0 Å². The first-order chi connectivity index (χ1) is 9.97. The molecule has 1 fully saturated rings. The van der Waals surface area contributed by atoms with Crippen molar-refractivity contribution in [1.82, 2.24) is 0 Å². The minimum Gasteiger partial charge on any atom is -0.381 e. The molecule has 1 aliphatic rings. The van der Waals surface area contributed by atoms with Crippen molar-refractivity contribution in [2.24, 2.45) is 11.7 Å². The monoisotopic (exact) mass is 303 g/mol. The third-order valence-corrected chi connectivity index (χ3v) is 3.66. The summed E-state index contributed by atoms with van der Waals surface area (Å²) in [6.07, 6.45) is -2.35. The van der Waals surface area contributed by atoms with Gasteiger partial charge < -0.3 is 15.2 Å². The average Bonchev–Trinajstić information content (AvgIpc) is 2.47. The number of hydrogen-bond acceptors (Lipinski definition) is 3. The molecule has 2 rings (SSSR count). The third kappa shape index (κ3) is 4.98. The van der Waals surface area contributed by atoms with Gasteiger partial charge in [-0.25, -0.2) is 0 Å². The molecular weight excluding hydrogens is 283 g/mol. The molecule has 0 aliphatic carbocycles. The largest absolute Gasteiger partial charge is 0.416 e. The minimum absolute atomic E-state index is 0.308. The summed E-state index contributed by atoms with van der Waals surface area (Å²) in [6, 6.07) is 4.50. The van der Waals surface area contributed by atoms with Crippen molar-refractivity contribution in [2.45, 2.75) is 25.1 Å².